The smallest absolute Gasteiger partial charge is 0.209 e. The number of hydrogen-bond donors (Lipinski definition) is 0. The number of rotatable bonds is 4. The molecule has 0 bridgehead atoms. The van der Waals surface area contributed by atoms with Crippen molar-refractivity contribution in [3.8, 4) is 17.1 Å². The van der Waals surface area contributed by atoms with Gasteiger partial charge in [0.1, 0.15) is 0 Å². The van der Waals surface area contributed by atoms with Crippen molar-refractivity contribution < 1.29 is 4.74 Å². The Morgan fingerprint density at radius 3 is 2.43 bits per heavy atom. The Kier molecular flexibility index (Phi) is 5.46. The van der Waals surface area contributed by atoms with E-state index in [1.807, 2.05) is 47.3 Å². The molecule has 0 radical (unpaired) electrons. The maximum Gasteiger partial charge on any atom is 0.209 e. The molecule has 0 saturated carbocycles. The van der Waals surface area contributed by atoms with Crippen LogP contribution in [0.25, 0.3) is 17.1 Å². The number of aromatic nitrogens is 4. The summed E-state index contributed by atoms with van der Waals surface area (Å²) in [4.78, 5) is 15.3. The molecule has 0 spiro atoms. The molecule has 2 aliphatic heterocycles. The van der Waals surface area contributed by atoms with Crippen LogP contribution in [-0.2, 0) is 4.74 Å². The van der Waals surface area contributed by atoms with Crippen LogP contribution in [0.4, 0.5) is 0 Å². The van der Waals surface area contributed by atoms with E-state index in [1.165, 1.54) is 0 Å². The van der Waals surface area contributed by atoms with Crippen molar-refractivity contribution in [2.24, 2.45) is 0 Å². The van der Waals surface area contributed by atoms with Crippen molar-refractivity contribution in [1.29, 1.82) is 0 Å². The summed E-state index contributed by atoms with van der Waals surface area (Å²) in [5.74, 6) is 0. The molecule has 156 valence electrons. The average molecular weight is 406 g/mol. The van der Waals surface area contributed by atoms with Gasteiger partial charge in [0.25, 0.3) is 0 Å². The van der Waals surface area contributed by atoms with Gasteiger partial charge >= 0.3 is 0 Å². The summed E-state index contributed by atoms with van der Waals surface area (Å²) in [6.45, 7) is 3.90. The first kappa shape index (κ1) is 19.2. The number of nitrogens with zero attached hydrogens (tertiary/aromatic N) is 5. The maximum absolute atomic E-state index is 12.7. The molecule has 0 N–H and O–H groups in total. The van der Waals surface area contributed by atoms with Crippen molar-refractivity contribution in [3.05, 3.63) is 65.1 Å². The molecule has 0 atom stereocenters. The third kappa shape index (κ3) is 3.82. The molecule has 2 fully saturated rings. The molecule has 7 nitrogen and oxygen atoms in total. The van der Waals surface area contributed by atoms with Crippen molar-refractivity contribution >= 4 is 0 Å². The number of para-hydroxylation sites is 1. The van der Waals surface area contributed by atoms with Gasteiger partial charge in [0.05, 0.1) is 23.6 Å². The molecule has 5 rings (SSSR count). The van der Waals surface area contributed by atoms with E-state index in [1.54, 1.807) is 16.9 Å². The van der Waals surface area contributed by atoms with Crippen molar-refractivity contribution in [2.45, 2.75) is 37.8 Å². The third-order valence-corrected chi connectivity index (χ3v) is 6.29. The van der Waals surface area contributed by atoms with Crippen LogP contribution in [0, 0.1) is 0 Å². The molecule has 30 heavy (non-hydrogen) atoms. The van der Waals surface area contributed by atoms with E-state index in [0.717, 1.165) is 63.4 Å². The minimum atomic E-state index is -0.0800. The normalized spacial score (nSPS) is 19.2. The fourth-order valence-corrected chi connectivity index (χ4v) is 4.63. The molecule has 0 aliphatic carbocycles. The van der Waals surface area contributed by atoms with Gasteiger partial charge in [-0.1, -0.05) is 18.2 Å². The predicted octanol–water partition coefficient (Wildman–Crippen LogP) is 2.91. The SMILES string of the molecule is O=c1ccn(C2CCN(C3CCOCC3)CC2)nc1-c1ccnn1-c1ccccc1. The largest absolute Gasteiger partial charge is 0.381 e. The van der Waals surface area contributed by atoms with Crippen LogP contribution in [0.1, 0.15) is 31.7 Å². The van der Waals surface area contributed by atoms with Crippen LogP contribution >= 0.6 is 0 Å². The van der Waals surface area contributed by atoms with Crippen LogP contribution < -0.4 is 5.43 Å². The van der Waals surface area contributed by atoms with Crippen LogP contribution in [0.2, 0.25) is 0 Å². The molecule has 3 aromatic rings. The molecular weight excluding hydrogens is 378 g/mol. The Morgan fingerprint density at radius 1 is 0.900 bits per heavy atom. The first-order valence-corrected chi connectivity index (χ1v) is 10.8. The fraction of sp³-hybridized carbons (Fsp3) is 0.435. The second-order valence-electron chi connectivity index (χ2n) is 8.08. The summed E-state index contributed by atoms with van der Waals surface area (Å²) in [5.41, 5.74) is 2.01. The Bertz CT molecular complexity index is 1030. The summed E-state index contributed by atoms with van der Waals surface area (Å²) in [5, 5.41) is 9.19. The molecule has 7 heteroatoms. The van der Waals surface area contributed by atoms with Crippen LogP contribution in [0.5, 0.6) is 0 Å². The monoisotopic (exact) mass is 405 g/mol. The Balaban J connectivity index is 1.37. The predicted molar refractivity (Wildman–Crippen MR) is 115 cm³/mol. The van der Waals surface area contributed by atoms with Gasteiger partial charge < -0.3 is 9.64 Å². The van der Waals surface area contributed by atoms with Crippen LogP contribution in [-0.4, -0.2) is 56.8 Å². The lowest BCUT2D eigenvalue weighted by Gasteiger charge is -2.39. The highest BCUT2D eigenvalue weighted by Gasteiger charge is 2.27. The molecule has 4 heterocycles. The van der Waals surface area contributed by atoms with Gasteiger partial charge in [0.2, 0.25) is 5.43 Å². The summed E-state index contributed by atoms with van der Waals surface area (Å²) in [6.07, 6.45) is 7.91. The lowest BCUT2D eigenvalue weighted by atomic mass is 10.00. The van der Waals surface area contributed by atoms with E-state index in [2.05, 4.69) is 10.00 Å². The average Bonchev–Trinajstić information content (AvgIpc) is 3.30. The van der Waals surface area contributed by atoms with Crippen molar-refractivity contribution in [3.63, 3.8) is 0 Å². The minimum Gasteiger partial charge on any atom is -0.381 e. The molecular formula is C23H27N5O2. The number of piperidine rings is 1. The van der Waals surface area contributed by atoms with Gasteiger partial charge in [-0.3, -0.25) is 9.48 Å². The highest BCUT2D eigenvalue weighted by atomic mass is 16.5. The summed E-state index contributed by atoms with van der Waals surface area (Å²) in [6, 6.07) is 14.3. The number of ether oxygens (including phenoxy) is 1. The van der Waals surface area contributed by atoms with Gasteiger partial charge in [-0.25, -0.2) is 4.68 Å². The fourth-order valence-electron chi connectivity index (χ4n) is 4.63. The van der Waals surface area contributed by atoms with Crippen LogP contribution in [0.15, 0.2) is 59.7 Å². The zero-order valence-corrected chi connectivity index (χ0v) is 17.1. The number of hydrogen-bond acceptors (Lipinski definition) is 5. The molecule has 0 unspecified atom stereocenters. The highest BCUT2D eigenvalue weighted by molar-refractivity contribution is 5.56. The quantitative estimate of drug-likeness (QED) is 0.668. The Labute approximate surface area is 175 Å². The van der Waals surface area contributed by atoms with E-state index in [4.69, 9.17) is 9.84 Å². The van der Waals surface area contributed by atoms with Gasteiger partial charge in [-0.15, -0.1) is 0 Å². The van der Waals surface area contributed by atoms with Gasteiger partial charge in [0.15, 0.2) is 5.69 Å². The van der Waals surface area contributed by atoms with E-state index in [-0.39, 0.29) is 5.43 Å². The van der Waals surface area contributed by atoms with E-state index in [0.29, 0.717) is 17.8 Å². The zero-order valence-electron chi connectivity index (χ0n) is 17.1. The lowest BCUT2D eigenvalue weighted by molar-refractivity contribution is 0.0212. The number of benzene rings is 1. The summed E-state index contributed by atoms with van der Waals surface area (Å²) < 4.78 is 9.27. The lowest BCUT2D eigenvalue weighted by Crippen LogP contribution is -2.44. The molecule has 2 aromatic heterocycles. The molecule has 1 aromatic carbocycles. The summed E-state index contributed by atoms with van der Waals surface area (Å²) >= 11 is 0. The minimum absolute atomic E-state index is 0.0800. The van der Waals surface area contributed by atoms with E-state index in [9.17, 15) is 4.79 Å². The molecule has 0 amide bonds. The third-order valence-electron chi connectivity index (χ3n) is 6.29. The first-order chi connectivity index (χ1) is 14.8. The van der Waals surface area contributed by atoms with Crippen molar-refractivity contribution in [1.82, 2.24) is 24.5 Å². The topological polar surface area (TPSA) is 65.2 Å². The van der Waals surface area contributed by atoms with Gasteiger partial charge in [0, 0.05) is 44.6 Å². The maximum atomic E-state index is 12.7. The standard InChI is InChI=1S/C23H27N5O2/c29-22-9-15-27(19-7-13-26(14-8-19)18-10-16-30-17-11-18)25-23(22)21-6-12-24-28(21)20-4-2-1-3-5-20/h1-6,9,12,15,18-19H,7-8,10-11,13-14,16-17H2. The molecule has 2 aliphatic rings. The van der Waals surface area contributed by atoms with E-state index < -0.39 is 0 Å². The van der Waals surface area contributed by atoms with E-state index >= 15 is 0 Å². The van der Waals surface area contributed by atoms with Crippen LogP contribution in [0.3, 0.4) is 0 Å². The van der Waals surface area contributed by atoms with Gasteiger partial charge in [-0.05, 0) is 43.9 Å². The first-order valence-electron chi connectivity index (χ1n) is 10.8. The summed E-state index contributed by atoms with van der Waals surface area (Å²) in [7, 11) is 0. The Hall–Kier alpha value is -2.77. The second-order valence-corrected chi connectivity index (χ2v) is 8.08. The van der Waals surface area contributed by atoms with Crippen molar-refractivity contribution in [2.75, 3.05) is 26.3 Å². The zero-order chi connectivity index (χ0) is 20.3. The van der Waals surface area contributed by atoms with Gasteiger partial charge in [-0.2, -0.15) is 10.2 Å². The second kappa shape index (κ2) is 8.53. The molecule has 2 saturated heterocycles. The highest BCUT2D eigenvalue weighted by Crippen LogP contribution is 2.26. The number of likely N-dealkylation sites (tertiary alicyclic amines) is 1. The Morgan fingerprint density at radius 2 is 1.67 bits per heavy atom.